The molecule has 0 radical (unpaired) electrons. The average molecular weight is 316 g/mol. The largest absolute Gasteiger partial charge is 0.545 e. The molecule has 3 nitrogen and oxygen atoms in total. The van der Waals surface area contributed by atoms with Gasteiger partial charge in [-0.2, -0.15) is 8.78 Å². The maximum Gasteiger partial charge on any atom is 0.459 e. The first-order valence-electron chi connectivity index (χ1n) is 4.86. The van der Waals surface area contributed by atoms with Crippen molar-refractivity contribution in [2.24, 2.45) is 0 Å². The molecule has 0 N–H and O–H groups in total. The van der Waals surface area contributed by atoms with Crippen LogP contribution < -0.4 is 9.84 Å². The monoisotopic (exact) mass is 315 g/mol. The van der Waals surface area contributed by atoms with Crippen molar-refractivity contribution in [3.63, 3.8) is 0 Å². The zero-order valence-corrected chi connectivity index (χ0v) is 10.4. The van der Waals surface area contributed by atoms with Crippen LogP contribution in [0.25, 0.3) is 10.8 Å². The molecule has 0 saturated heterocycles. The number of rotatable bonds is 3. The molecule has 0 aliphatic carbocycles. The quantitative estimate of drug-likeness (QED) is 0.818. The molecular weight excluding hydrogens is 310 g/mol. The second kappa shape index (κ2) is 4.53. The minimum Gasteiger partial charge on any atom is -0.545 e. The molecule has 0 amide bonds. The Morgan fingerprint density at radius 2 is 1.78 bits per heavy atom. The average Bonchev–Trinajstić information content (AvgIpc) is 2.26. The number of carbonyl (C=O) groups is 1. The zero-order chi connectivity index (χ0) is 13.3. The molecule has 94 valence electrons. The molecule has 0 aliphatic heterocycles. The fraction of sp³-hybridized carbons (Fsp3) is 0.0833. The summed E-state index contributed by atoms with van der Waals surface area (Å²) in [6.45, 7) is 0. The van der Waals surface area contributed by atoms with Gasteiger partial charge in [-0.3, -0.25) is 0 Å². The molecule has 6 heteroatoms. The maximum atomic E-state index is 12.6. The molecule has 0 aliphatic rings. The van der Waals surface area contributed by atoms with Crippen LogP contribution >= 0.6 is 15.9 Å². The number of halogens is 3. The predicted molar refractivity (Wildman–Crippen MR) is 62.8 cm³/mol. The predicted octanol–water partition coefficient (Wildman–Crippen LogP) is 2.53. The van der Waals surface area contributed by atoms with Gasteiger partial charge in [-0.25, -0.2) is 0 Å². The van der Waals surface area contributed by atoms with E-state index in [1.807, 2.05) is 0 Å². The number of alkyl halides is 3. The highest BCUT2D eigenvalue weighted by molar-refractivity contribution is 9.09. The van der Waals surface area contributed by atoms with Gasteiger partial charge in [0, 0.05) is 15.9 Å². The van der Waals surface area contributed by atoms with Crippen molar-refractivity contribution in [2.75, 3.05) is 0 Å². The summed E-state index contributed by atoms with van der Waals surface area (Å²) >= 11 is 2.07. The van der Waals surface area contributed by atoms with Gasteiger partial charge in [-0.05, 0) is 34.5 Å². The minimum atomic E-state index is -3.44. The van der Waals surface area contributed by atoms with Crippen molar-refractivity contribution < 1.29 is 23.4 Å². The lowest BCUT2D eigenvalue weighted by Crippen LogP contribution is -2.21. The molecule has 0 unspecified atom stereocenters. The Bertz CT molecular complexity index is 608. The fourth-order valence-corrected chi connectivity index (χ4v) is 1.73. The third-order valence-electron chi connectivity index (χ3n) is 2.28. The summed E-state index contributed by atoms with van der Waals surface area (Å²) in [6, 6.07) is 8.46. The Morgan fingerprint density at radius 3 is 2.39 bits per heavy atom. The molecule has 0 spiro atoms. The zero-order valence-electron chi connectivity index (χ0n) is 8.82. The minimum absolute atomic E-state index is 0.0226. The lowest BCUT2D eigenvalue weighted by molar-refractivity contribution is -0.255. The highest BCUT2D eigenvalue weighted by Gasteiger charge is 2.26. The molecule has 0 fully saturated rings. The first kappa shape index (κ1) is 12.8. The van der Waals surface area contributed by atoms with Gasteiger partial charge in [0.2, 0.25) is 0 Å². The first-order valence-corrected chi connectivity index (χ1v) is 5.65. The Hall–Kier alpha value is -1.69. The van der Waals surface area contributed by atoms with Crippen LogP contribution in [0.5, 0.6) is 5.75 Å². The Kier molecular flexibility index (Phi) is 3.21. The SMILES string of the molecule is O=C([O-])c1ccc2cc(OC(F)(F)Br)ccc2c1. The van der Waals surface area contributed by atoms with E-state index in [0.717, 1.165) is 0 Å². The van der Waals surface area contributed by atoms with E-state index < -0.39 is 11.0 Å². The van der Waals surface area contributed by atoms with Crippen LogP contribution in [0.2, 0.25) is 0 Å². The molecule has 0 heterocycles. The summed E-state index contributed by atoms with van der Waals surface area (Å²) in [7, 11) is 0. The highest BCUT2D eigenvalue weighted by Crippen LogP contribution is 2.29. The van der Waals surface area contributed by atoms with E-state index in [0.29, 0.717) is 10.8 Å². The van der Waals surface area contributed by atoms with Crippen molar-refractivity contribution >= 4 is 32.7 Å². The van der Waals surface area contributed by atoms with Crippen LogP contribution in [-0.2, 0) is 0 Å². The summed E-state index contributed by atoms with van der Waals surface area (Å²) in [5, 5.41) is 8.41. The number of hydrogen-bond donors (Lipinski definition) is 0. The first-order chi connectivity index (χ1) is 8.35. The number of carbonyl (C=O) groups excluding carboxylic acids is 1. The third kappa shape index (κ3) is 2.95. The maximum absolute atomic E-state index is 12.6. The van der Waals surface area contributed by atoms with E-state index in [-0.39, 0.29) is 11.3 Å². The number of fused-ring (bicyclic) bond motifs is 1. The number of aromatic carboxylic acids is 1. The number of hydrogen-bond acceptors (Lipinski definition) is 3. The molecule has 18 heavy (non-hydrogen) atoms. The Labute approximate surface area is 109 Å². The molecule has 0 aromatic heterocycles. The Morgan fingerprint density at radius 1 is 1.17 bits per heavy atom. The van der Waals surface area contributed by atoms with E-state index in [2.05, 4.69) is 20.7 Å². The van der Waals surface area contributed by atoms with Crippen molar-refractivity contribution in [3.05, 3.63) is 42.0 Å². The van der Waals surface area contributed by atoms with E-state index in [4.69, 9.17) is 0 Å². The van der Waals surface area contributed by atoms with E-state index in [1.54, 1.807) is 0 Å². The third-order valence-corrected chi connectivity index (χ3v) is 2.44. The van der Waals surface area contributed by atoms with Gasteiger partial charge in [0.15, 0.2) is 0 Å². The second-order valence-electron chi connectivity index (χ2n) is 3.56. The van der Waals surface area contributed by atoms with Crippen LogP contribution in [0, 0.1) is 0 Å². The molecule has 0 saturated carbocycles. The van der Waals surface area contributed by atoms with Crippen molar-refractivity contribution in [2.45, 2.75) is 5.02 Å². The van der Waals surface area contributed by atoms with Gasteiger partial charge in [0.05, 0.1) is 5.97 Å². The summed E-state index contributed by atoms with van der Waals surface area (Å²) in [6.07, 6.45) is 0. The number of carboxylic acid groups (broad SMARTS) is 1. The van der Waals surface area contributed by atoms with Gasteiger partial charge in [0.25, 0.3) is 0 Å². The van der Waals surface area contributed by atoms with Crippen LogP contribution in [0.4, 0.5) is 8.78 Å². The summed E-state index contributed by atoms with van der Waals surface area (Å²) < 4.78 is 29.5. The van der Waals surface area contributed by atoms with Crippen LogP contribution in [0.3, 0.4) is 0 Å². The van der Waals surface area contributed by atoms with E-state index in [9.17, 15) is 18.7 Å². The topological polar surface area (TPSA) is 49.4 Å². The second-order valence-corrected chi connectivity index (χ2v) is 4.48. The normalized spacial score (nSPS) is 11.5. The van der Waals surface area contributed by atoms with Gasteiger partial charge in [-0.1, -0.05) is 18.2 Å². The van der Waals surface area contributed by atoms with Crippen LogP contribution in [-0.4, -0.2) is 11.0 Å². The van der Waals surface area contributed by atoms with Gasteiger partial charge < -0.3 is 14.6 Å². The molecule has 0 atom stereocenters. The van der Waals surface area contributed by atoms with Crippen molar-refractivity contribution in [1.82, 2.24) is 0 Å². The number of ether oxygens (including phenoxy) is 1. The van der Waals surface area contributed by atoms with Crippen molar-refractivity contribution in [3.8, 4) is 5.75 Å². The highest BCUT2D eigenvalue weighted by atomic mass is 79.9. The van der Waals surface area contributed by atoms with Crippen molar-refractivity contribution in [1.29, 1.82) is 0 Å². The van der Waals surface area contributed by atoms with Crippen LogP contribution in [0.15, 0.2) is 36.4 Å². The van der Waals surface area contributed by atoms with Gasteiger partial charge in [0.1, 0.15) is 5.75 Å². The van der Waals surface area contributed by atoms with E-state index >= 15 is 0 Å². The number of carboxylic acids is 1. The Balaban J connectivity index is 2.41. The van der Waals surface area contributed by atoms with E-state index in [1.165, 1.54) is 36.4 Å². The molecule has 0 bridgehead atoms. The lowest BCUT2D eigenvalue weighted by Gasteiger charge is -2.12. The molecule has 2 aromatic carbocycles. The molecule has 2 rings (SSSR count). The van der Waals surface area contributed by atoms with Gasteiger partial charge >= 0.3 is 5.02 Å². The van der Waals surface area contributed by atoms with Gasteiger partial charge in [-0.15, -0.1) is 0 Å². The fourth-order valence-electron chi connectivity index (χ4n) is 1.55. The summed E-state index contributed by atoms with van der Waals surface area (Å²) in [5.41, 5.74) is 0.0296. The lowest BCUT2D eigenvalue weighted by atomic mass is 10.1. The summed E-state index contributed by atoms with van der Waals surface area (Å²) in [4.78, 5) is 10.7. The standard InChI is InChI=1S/C12H7BrF2O3/c13-12(14,15)18-10-4-3-7-5-9(11(16)17)2-1-8(7)6-10/h1-6H,(H,16,17)/p-1. The molecule has 2 aromatic rings. The number of benzene rings is 2. The molecular formula is C12H6BrF2O3-. The smallest absolute Gasteiger partial charge is 0.459 e. The summed E-state index contributed by atoms with van der Waals surface area (Å²) in [5.74, 6) is -1.31. The van der Waals surface area contributed by atoms with Crippen LogP contribution in [0.1, 0.15) is 10.4 Å².